The lowest BCUT2D eigenvalue weighted by Crippen LogP contribution is -2.30. The summed E-state index contributed by atoms with van der Waals surface area (Å²) in [6.07, 6.45) is 0.999. The Labute approximate surface area is 57.3 Å². The predicted molar refractivity (Wildman–Crippen MR) is 38.0 cm³/mol. The quantitative estimate of drug-likeness (QED) is 0.350. The maximum Gasteiger partial charge on any atom is 0.0982 e. The van der Waals surface area contributed by atoms with Crippen LogP contribution in [0.1, 0.15) is 6.92 Å². The Bertz CT molecular complexity index is 87.0. The van der Waals surface area contributed by atoms with Crippen molar-refractivity contribution in [2.75, 3.05) is 13.0 Å². The van der Waals surface area contributed by atoms with Crippen LogP contribution in [0.25, 0.3) is 0 Å². The molecule has 0 aromatic carbocycles. The van der Waals surface area contributed by atoms with Gasteiger partial charge >= 0.3 is 0 Å². The Kier molecular flexibility index (Phi) is 2.86. The molecule has 3 nitrogen and oxygen atoms in total. The van der Waals surface area contributed by atoms with E-state index < -0.39 is 0 Å². The smallest absolute Gasteiger partial charge is 0.0982 e. The number of hydrogen-bond acceptors (Lipinski definition) is 3. The molecule has 0 saturated carbocycles. The summed E-state index contributed by atoms with van der Waals surface area (Å²) in [7, 11) is 2.47. The third-order valence-corrected chi connectivity index (χ3v) is 1.44. The average Bonchev–Trinajstić information content (AvgIpc) is 2.63. The Morgan fingerprint density at radius 2 is 2.67 bits per heavy atom. The molecule has 1 N–H and O–H groups in total. The molecule has 54 valence electrons. The van der Waals surface area contributed by atoms with E-state index in [9.17, 15) is 0 Å². The van der Waals surface area contributed by atoms with E-state index in [-0.39, 0.29) is 0 Å². The third kappa shape index (κ3) is 2.59. The van der Waals surface area contributed by atoms with Crippen LogP contribution in [-0.4, -0.2) is 25.1 Å². The highest BCUT2D eigenvalue weighted by atomic mass is 31.0. The van der Waals surface area contributed by atoms with Crippen molar-refractivity contribution in [3.05, 3.63) is 0 Å². The highest BCUT2D eigenvalue weighted by Gasteiger charge is 2.29. The summed E-state index contributed by atoms with van der Waals surface area (Å²) >= 11 is 0. The first kappa shape index (κ1) is 7.42. The van der Waals surface area contributed by atoms with Gasteiger partial charge in [-0.1, -0.05) is 0 Å². The van der Waals surface area contributed by atoms with Gasteiger partial charge in [0.15, 0.2) is 0 Å². The minimum Gasteiger partial charge on any atom is -0.371 e. The van der Waals surface area contributed by atoms with E-state index >= 15 is 0 Å². The van der Waals surface area contributed by atoms with E-state index in [1.165, 1.54) is 0 Å². The summed E-state index contributed by atoms with van der Waals surface area (Å²) in [5, 5.41) is 0. The van der Waals surface area contributed by atoms with Gasteiger partial charge in [-0.2, -0.15) is 5.48 Å². The van der Waals surface area contributed by atoms with Crippen molar-refractivity contribution in [1.29, 1.82) is 0 Å². The van der Waals surface area contributed by atoms with Gasteiger partial charge in [0.25, 0.3) is 0 Å². The largest absolute Gasteiger partial charge is 0.371 e. The molecule has 3 unspecified atom stereocenters. The zero-order valence-electron chi connectivity index (χ0n) is 5.46. The lowest BCUT2D eigenvalue weighted by atomic mass is 10.3. The molecule has 0 aliphatic carbocycles. The van der Waals surface area contributed by atoms with Crippen molar-refractivity contribution < 1.29 is 9.57 Å². The lowest BCUT2D eigenvalue weighted by molar-refractivity contribution is 0.0458. The van der Waals surface area contributed by atoms with Gasteiger partial charge in [0.1, 0.15) is 0 Å². The first-order chi connectivity index (χ1) is 4.34. The molecule has 1 aliphatic rings. The van der Waals surface area contributed by atoms with Crippen molar-refractivity contribution in [2.45, 2.75) is 19.1 Å². The molecule has 0 radical (unpaired) electrons. The normalized spacial score (nSPS) is 28.0. The first-order valence-corrected chi connectivity index (χ1v) is 3.85. The molecule has 1 rings (SSSR count). The van der Waals surface area contributed by atoms with Crippen LogP contribution in [0.4, 0.5) is 0 Å². The molecule has 0 amide bonds. The van der Waals surface area contributed by atoms with Crippen LogP contribution in [0.2, 0.25) is 0 Å². The van der Waals surface area contributed by atoms with Crippen molar-refractivity contribution in [1.82, 2.24) is 5.48 Å². The van der Waals surface area contributed by atoms with Crippen molar-refractivity contribution in [3.63, 3.8) is 0 Å². The summed E-state index contributed by atoms with van der Waals surface area (Å²) in [6, 6.07) is 0.325. The molecule has 1 aliphatic heterocycles. The number of nitrogens with one attached hydrogen (secondary N) is 1. The summed E-state index contributed by atoms with van der Waals surface area (Å²) in [6.45, 7) is 2.91. The number of rotatable bonds is 4. The molecule has 9 heavy (non-hydrogen) atoms. The van der Waals surface area contributed by atoms with Crippen LogP contribution in [-0.2, 0) is 9.57 Å². The van der Waals surface area contributed by atoms with Gasteiger partial charge < -0.3 is 4.74 Å². The number of ether oxygens (including phenoxy) is 1. The van der Waals surface area contributed by atoms with Crippen LogP contribution in [0.15, 0.2) is 0 Å². The summed E-state index contributed by atoms with van der Waals surface area (Å²) < 4.78 is 5.02. The maximum atomic E-state index is 5.02. The summed E-state index contributed by atoms with van der Waals surface area (Å²) in [4.78, 5) is 4.93. The van der Waals surface area contributed by atoms with E-state index in [4.69, 9.17) is 9.57 Å². The molecule has 1 fully saturated rings. The van der Waals surface area contributed by atoms with Gasteiger partial charge in [0.2, 0.25) is 0 Å². The maximum absolute atomic E-state index is 5.02. The van der Waals surface area contributed by atoms with Crippen LogP contribution in [0.5, 0.6) is 0 Å². The van der Waals surface area contributed by atoms with Gasteiger partial charge in [-0.15, -0.1) is 9.24 Å². The minimum atomic E-state index is 0.325. The van der Waals surface area contributed by atoms with E-state index in [1.807, 2.05) is 6.92 Å². The monoisotopic (exact) mass is 149 g/mol. The minimum absolute atomic E-state index is 0.325. The molecule has 4 heteroatoms. The van der Waals surface area contributed by atoms with Crippen molar-refractivity contribution in [3.8, 4) is 0 Å². The SMILES string of the molecule is CC(NOCP)C1CO1. The number of epoxide rings is 1. The summed E-state index contributed by atoms with van der Waals surface area (Å²) in [5.41, 5.74) is 2.85. The Hall–Kier alpha value is 0.310. The zero-order chi connectivity index (χ0) is 6.69. The fourth-order valence-corrected chi connectivity index (χ4v) is 0.696. The van der Waals surface area contributed by atoms with E-state index in [1.54, 1.807) is 0 Å². The first-order valence-electron chi connectivity index (χ1n) is 3.03. The second-order valence-corrected chi connectivity index (χ2v) is 2.42. The molecule has 3 atom stereocenters. The van der Waals surface area contributed by atoms with Crippen molar-refractivity contribution in [2.24, 2.45) is 0 Å². The molecular formula is C5H12NO2P. The second-order valence-electron chi connectivity index (χ2n) is 2.09. The Balaban J connectivity index is 1.96. The molecule has 0 aromatic heterocycles. The van der Waals surface area contributed by atoms with Crippen LogP contribution >= 0.6 is 9.24 Å². The van der Waals surface area contributed by atoms with Gasteiger partial charge in [-0.3, -0.25) is 4.84 Å². The highest BCUT2D eigenvalue weighted by Crippen LogP contribution is 2.12. The van der Waals surface area contributed by atoms with Crippen molar-refractivity contribution >= 4 is 9.24 Å². The van der Waals surface area contributed by atoms with Gasteiger partial charge in [-0.25, -0.2) is 0 Å². The van der Waals surface area contributed by atoms with Crippen LogP contribution in [0.3, 0.4) is 0 Å². The topological polar surface area (TPSA) is 33.8 Å². The molecular weight excluding hydrogens is 137 g/mol. The highest BCUT2D eigenvalue weighted by molar-refractivity contribution is 7.16. The predicted octanol–water partition coefficient (Wildman–Crippen LogP) is 0.128. The zero-order valence-corrected chi connectivity index (χ0v) is 6.62. The Morgan fingerprint density at radius 3 is 3.11 bits per heavy atom. The standard InChI is InChI=1S/C5H12NO2P/c1-4(5-2-7-5)6-8-3-9/h4-6H,2-3,9H2,1H3. The van der Waals surface area contributed by atoms with Gasteiger partial charge in [-0.05, 0) is 6.92 Å². The molecule has 0 aromatic rings. The van der Waals surface area contributed by atoms with Crippen LogP contribution < -0.4 is 5.48 Å². The van der Waals surface area contributed by atoms with E-state index in [0.717, 1.165) is 6.61 Å². The number of hydroxylamine groups is 1. The second kappa shape index (κ2) is 3.47. The fraction of sp³-hybridized carbons (Fsp3) is 1.00. The lowest BCUT2D eigenvalue weighted by Gasteiger charge is -2.08. The molecule has 1 saturated heterocycles. The summed E-state index contributed by atoms with van der Waals surface area (Å²) in [5.74, 6) is 0. The van der Waals surface area contributed by atoms with Gasteiger partial charge in [0.05, 0.1) is 25.1 Å². The van der Waals surface area contributed by atoms with Gasteiger partial charge in [0, 0.05) is 0 Å². The third-order valence-electron chi connectivity index (χ3n) is 1.27. The molecule has 1 heterocycles. The number of hydrogen-bond donors (Lipinski definition) is 1. The molecule has 0 bridgehead atoms. The van der Waals surface area contributed by atoms with Crippen LogP contribution in [0, 0.1) is 0 Å². The average molecular weight is 149 g/mol. The van der Waals surface area contributed by atoms with E-state index in [0.29, 0.717) is 18.5 Å². The fourth-order valence-electron chi connectivity index (χ4n) is 0.600. The van der Waals surface area contributed by atoms with E-state index in [2.05, 4.69) is 14.7 Å². The Morgan fingerprint density at radius 1 is 2.00 bits per heavy atom. The molecule has 0 spiro atoms.